The summed E-state index contributed by atoms with van der Waals surface area (Å²) in [6, 6.07) is 3.05. The van der Waals surface area contributed by atoms with Gasteiger partial charge in [-0.2, -0.15) is 0 Å². The van der Waals surface area contributed by atoms with Gasteiger partial charge in [-0.1, -0.05) is 18.4 Å². The van der Waals surface area contributed by atoms with Gasteiger partial charge in [0.25, 0.3) is 5.91 Å². The monoisotopic (exact) mass is 269 g/mol. The van der Waals surface area contributed by atoms with E-state index in [-0.39, 0.29) is 17.5 Å². The molecule has 1 fully saturated rings. The third-order valence-corrected chi connectivity index (χ3v) is 4.63. The Bertz CT molecular complexity index is 424. The summed E-state index contributed by atoms with van der Waals surface area (Å²) in [4.78, 5) is 11.9. The van der Waals surface area contributed by atoms with E-state index in [2.05, 4.69) is 5.32 Å². The normalized spacial score (nSPS) is 23.9. The fraction of sp³-hybridized carbons (Fsp3) is 0.462. The van der Waals surface area contributed by atoms with Crippen LogP contribution in [0.15, 0.2) is 18.2 Å². The minimum Gasteiger partial charge on any atom is -0.349 e. The maximum atomic E-state index is 13.0. The second-order valence-electron chi connectivity index (χ2n) is 5.09. The van der Waals surface area contributed by atoms with Gasteiger partial charge in [0, 0.05) is 27.9 Å². The van der Waals surface area contributed by atoms with Crippen molar-refractivity contribution in [2.75, 3.05) is 0 Å². The molecule has 5 heteroatoms. The minimum atomic E-state index is -0.719. The van der Waals surface area contributed by atoms with E-state index < -0.39 is 11.6 Å². The topological polar surface area (TPSA) is 29.1 Å². The van der Waals surface area contributed by atoms with Gasteiger partial charge in [0.1, 0.15) is 11.6 Å². The Labute approximate surface area is 108 Å². The van der Waals surface area contributed by atoms with E-state index in [0.29, 0.717) is 0 Å². The number of hydrogen-bond donors (Lipinski definition) is 1. The van der Waals surface area contributed by atoms with Gasteiger partial charge in [0.05, 0.1) is 0 Å². The standard InChI is InChI=1S/C13H17F2NOSi/c14-9-5-8(6-10(15)7-9)13(17)16-11-1-3-12(18)4-2-11/h5-7,11-12H,1-4H2,18H3,(H,16,17). The van der Waals surface area contributed by atoms with Crippen LogP contribution in [0.5, 0.6) is 0 Å². The van der Waals surface area contributed by atoms with Gasteiger partial charge in [-0.25, -0.2) is 8.78 Å². The molecule has 0 heterocycles. The first-order chi connectivity index (χ1) is 8.54. The van der Waals surface area contributed by atoms with Gasteiger partial charge in [-0.15, -0.1) is 0 Å². The highest BCUT2D eigenvalue weighted by molar-refractivity contribution is 6.11. The molecule has 0 aliphatic heterocycles. The van der Waals surface area contributed by atoms with Crippen LogP contribution >= 0.6 is 0 Å². The van der Waals surface area contributed by atoms with E-state index in [1.165, 1.54) is 10.2 Å². The Kier molecular flexibility index (Phi) is 4.11. The third-order valence-electron chi connectivity index (χ3n) is 3.48. The second kappa shape index (κ2) is 5.61. The number of halogens is 2. The van der Waals surface area contributed by atoms with E-state index in [0.717, 1.165) is 49.4 Å². The number of rotatable bonds is 2. The average Bonchev–Trinajstić information content (AvgIpc) is 2.31. The molecule has 1 N–H and O–H groups in total. The molecule has 1 aliphatic carbocycles. The zero-order chi connectivity index (χ0) is 13.1. The van der Waals surface area contributed by atoms with Crippen LogP contribution in [-0.4, -0.2) is 22.2 Å². The summed E-state index contributed by atoms with van der Waals surface area (Å²) in [7, 11) is 1.20. The molecule has 1 aromatic carbocycles. The maximum Gasteiger partial charge on any atom is 0.251 e. The van der Waals surface area contributed by atoms with Gasteiger partial charge in [-0.3, -0.25) is 4.79 Å². The van der Waals surface area contributed by atoms with Crippen LogP contribution < -0.4 is 5.32 Å². The van der Waals surface area contributed by atoms with Gasteiger partial charge in [0.15, 0.2) is 0 Å². The van der Waals surface area contributed by atoms with Gasteiger partial charge < -0.3 is 5.32 Å². The summed E-state index contributed by atoms with van der Waals surface area (Å²) in [6.07, 6.45) is 4.23. The molecular weight excluding hydrogens is 252 g/mol. The van der Waals surface area contributed by atoms with Crippen LogP contribution in [0.2, 0.25) is 5.54 Å². The van der Waals surface area contributed by atoms with Gasteiger partial charge >= 0.3 is 0 Å². The molecule has 0 aromatic heterocycles. The number of hydrogen-bond acceptors (Lipinski definition) is 1. The van der Waals surface area contributed by atoms with E-state index in [1.54, 1.807) is 0 Å². The molecule has 0 bridgehead atoms. The lowest BCUT2D eigenvalue weighted by Crippen LogP contribution is -2.37. The largest absolute Gasteiger partial charge is 0.349 e. The lowest BCUT2D eigenvalue weighted by Gasteiger charge is -2.26. The van der Waals surface area contributed by atoms with E-state index in [9.17, 15) is 13.6 Å². The van der Waals surface area contributed by atoms with Crippen LogP contribution in [0.25, 0.3) is 0 Å². The van der Waals surface area contributed by atoms with E-state index in [4.69, 9.17) is 0 Å². The first-order valence-corrected chi connectivity index (χ1v) is 7.47. The quantitative estimate of drug-likeness (QED) is 0.815. The predicted octanol–water partition coefficient (Wildman–Crippen LogP) is 1.79. The second-order valence-corrected chi connectivity index (χ2v) is 6.72. The first kappa shape index (κ1) is 13.2. The lowest BCUT2D eigenvalue weighted by molar-refractivity contribution is 0.0926. The SMILES string of the molecule is O=C(NC1CCC([SiH3])CC1)c1cc(F)cc(F)c1. The Morgan fingerprint density at radius 1 is 1.11 bits per heavy atom. The number of nitrogens with one attached hydrogen (secondary N) is 1. The van der Waals surface area contributed by atoms with Gasteiger partial charge in [-0.05, 0) is 25.0 Å². The Morgan fingerprint density at radius 3 is 2.22 bits per heavy atom. The van der Waals surface area contributed by atoms with E-state index in [1.807, 2.05) is 0 Å². The highest BCUT2D eigenvalue weighted by Gasteiger charge is 2.20. The molecule has 18 heavy (non-hydrogen) atoms. The van der Waals surface area contributed by atoms with Gasteiger partial charge in [0.2, 0.25) is 0 Å². The summed E-state index contributed by atoms with van der Waals surface area (Å²) in [6.45, 7) is 0. The summed E-state index contributed by atoms with van der Waals surface area (Å²) in [5.41, 5.74) is 0.894. The van der Waals surface area contributed by atoms with Crippen molar-refractivity contribution in [2.45, 2.75) is 37.3 Å². The molecule has 0 radical (unpaired) electrons. The smallest absolute Gasteiger partial charge is 0.251 e. The number of carbonyl (C=O) groups is 1. The Balaban J connectivity index is 1.99. The summed E-state index contributed by atoms with van der Waals surface area (Å²) >= 11 is 0. The first-order valence-electron chi connectivity index (χ1n) is 6.31. The number of benzene rings is 1. The van der Waals surface area contributed by atoms with Crippen LogP contribution in [0, 0.1) is 11.6 Å². The number of carbonyl (C=O) groups excluding carboxylic acids is 1. The van der Waals surface area contributed by atoms with Crippen molar-refractivity contribution < 1.29 is 13.6 Å². The minimum absolute atomic E-state index is 0.0560. The molecule has 98 valence electrons. The third kappa shape index (κ3) is 3.38. The number of amides is 1. The van der Waals surface area contributed by atoms with E-state index >= 15 is 0 Å². The summed E-state index contributed by atoms with van der Waals surface area (Å²) < 4.78 is 26.0. The lowest BCUT2D eigenvalue weighted by atomic mass is 9.94. The molecule has 2 rings (SSSR count). The fourth-order valence-electron chi connectivity index (χ4n) is 2.36. The maximum absolute atomic E-state index is 13.0. The Hall–Kier alpha value is -1.23. The van der Waals surface area contributed by atoms with Crippen LogP contribution in [0.1, 0.15) is 36.0 Å². The van der Waals surface area contributed by atoms with Crippen molar-refractivity contribution in [2.24, 2.45) is 0 Å². The van der Waals surface area contributed by atoms with Crippen LogP contribution in [0.4, 0.5) is 8.78 Å². The molecule has 0 unspecified atom stereocenters. The highest BCUT2D eigenvalue weighted by atomic mass is 28.1. The van der Waals surface area contributed by atoms with Crippen molar-refractivity contribution >= 4 is 16.1 Å². The summed E-state index contributed by atoms with van der Waals surface area (Å²) in [5.74, 6) is -1.82. The molecule has 2 nitrogen and oxygen atoms in total. The molecule has 1 aromatic rings. The predicted molar refractivity (Wildman–Crippen MR) is 69.8 cm³/mol. The Morgan fingerprint density at radius 2 is 1.67 bits per heavy atom. The fourth-order valence-corrected chi connectivity index (χ4v) is 3.02. The van der Waals surface area contributed by atoms with Crippen LogP contribution in [-0.2, 0) is 0 Å². The molecule has 1 aliphatic rings. The highest BCUT2D eigenvalue weighted by Crippen LogP contribution is 2.26. The molecule has 0 atom stereocenters. The zero-order valence-corrected chi connectivity index (χ0v) is 12.4. The molecule has 1 amide bonds. The van der Waals surface area contributed by atoms with Crippen molar-refractivity contribution in [3.05, 3.63) is 35.4 Å². The zero-order valence-electron chi connectivity index (χ0n) is 10.4. The van der Waals surface area contributed by atoms with Crippen molar-refractivity contribution in [1.29, 1.82) is 0 Å². The van der Waals surface area contributed by atoms with Crippen molar-refractivity contribution in [1.82, 2.24) is 5.32 Å². The van der Waals surface area contributed by atoms with Crippen molar-refractivity contribution in [3.8, 4) is 0 Å². The summed E-state index contributed by atoms with van der Waals surface area (Å²) in [5, 5.41) is 2.85. The van der Waals surface area contributed by atoms with Crippen LogP contribution in [0.3, 0.4) is 0 Å². The molecule has 1 saturated carbocycles. The molecule has 0 spiro atoms. The molecular formula is C13H17F2NOSi. The van der Waals surface area contributed by atoms with Crippen molar-refractivity contribution in [3.63, 3.8) is 0 Å². The molecule has 0 saturated heterocycles. The average molecular weight is 269 g/mol.